The van der Waals surface area contributed by atoms with Gasteiger partial charge in [0, 0.05) is 5.69 Å². The zero-order chi connectivity index (χ0) is 20.4. The standard InChI is InChI=1S/C23H22N4O2/c1-4-16-9-11-17(12-10-16)27-25-20-13-15(2)19(14-21(20)26-27)24-23(28)18-7-5-6-8-22(18)29-3/h5-14H,4H2,1-3H3,(H,24,28). The van der Waals surface area contributed by atoms with Gasteiger partial charge in [-0.05, 0) is 60.9 Å². The Kier molecular flexibility index (Phi) is 4.99. The molecule has 1 amide bonds. The first-order valence-electron chi connectivity index (χ1n) is 9.50. The van der Waals surface area contributed by atoms with Gasteiger partial charge in [-0.3, -0.25) is 4.79 Å². The minimum Gasteiger partial charge on any atom is -0.496 e. The number of aryl methyl sites for hydroxylation is 2. The van der Waals surface area contributed by atoms with Gasteiger partial charge >= 0.3 is 0 Å². The first kappa shape index (κ1) is 18.7. The second-order valence-corrected chi connectivity index (χ2v) is 6.82. The van der Waals surface area contributed by atoms with Gasteiger partial charge in [0.1, 0.15) is 16.8 Å². The summed E-state index contributed by atoms with van der Waals surface area (Å²) in [6.07, 6.45) is 0.989. The topological polar surface area (TPSA) is 69.0 Å². The molecule has 6 heteroatoms. The molecule has 4 aromatic rings. The number of hydrogen-bond acceptors (Lipinski definition) is 4. The van der Waals surface area contributed by atoms with Crippen LogP contribution < -0.4 is 10.1 Å². The number of rotatable bonds is 5. The lowest BCUT2D eigenvalue weighted by atomic mass is 10.1. The molecule has 1 heterocycles. The highest BCUT2D eigenvalue weighted by Gasteiger charge is 2.14. The van der Waals surface area contributed by atoms with Crippen LogP contribution in [0.1, 0.15) is 28.4 Å². The summed E-state index contributed by atoms with van der Waals surface area (Å²) < 4.78 is 5.29. The average molecular weight is 386 g/mol. The number of carbonyl (C=O) groups excluding carboxylic acids is 1. The van der Waals surface area contributed by atoms with Crippen molar-refractivity contribution in [3.8, 4) is 11.4 Å². The Bertz CT molecular complexity index is 1180. The number of anilines is 1. The van der Waals surface area contributed by atoms with Crippen molar-refractivity contribution in [1.82, 2.24) is 15.0 Å². The van der Waals surface area contributed by atoms with Crippen LogP contribution in [0.2, 0.25) is 0 Å². The van der Waals surface area contributed by atoms with Gasteiger partial charge in [-0.2, -0.15) is 4.80 Å². The normalized spacial score (nSPS) is 10.9. The SMILES string of the molecule is CCc1ccc(-n2nc3cc(C)c(NC(=O)c4ccccc4OC)cc3n2)cc1. The number of nitrogens with one attached hydrogen (secondary N) is 1. The molecule has 0 aliphatic carbocycles. The monoisotopic (exact) mass is 386 g/mol. The molecule has 0 unspecified atom stereocenters. The molecule has 0 radical (unpaired) electrons. The maximum Gasteiger partial charge on any atom is 0.259 e. The fourth-order valence-corrected chi connectivity index (χ4v) is 3.20. The van der Waals surface area contributed by atoms with Crippen molar-refractivity contribution in [3.63, 3.8) is 0 Å². The van der Waals surface area contributed by atoms with Crippen molar-refractivity contribution in [1.29, 1.82) is 0 Å². The van der Waals surface area contributed by atoms with Crippen LogP contribution >= 0.6 is 0 Å². The third kappa shape index (κ3) is 3.69. The molecule has 0 saturated carbocycles. The summed E-state index contributed by atoms with van der Waals surface area (Å²) in [5.41, 5.74) is 5.74. The van der Waals surface area contributed by atoms with E-state index in [2.05, 4.69) is 34.6 Å². The number of amides is 1. The Morgan fingerprint density at radius 2 is 1.72 bits per heavy atom. The van der Waals surface area contributed by atoms with Crippen molar-refractivity contribution in [2.45, 2.75) is 20.3 Å². The fourth-order valence-electron chi connectivity index (χ4n) is 3.20. The number of aromatic nitrogens is 3. The van der Waals surface area contributed by atoms with E-state index in [1.165, 1.54) is 5.56 Å². The van der Waals surface area contributed by atoms with Crippen LogP contribution in [0.5, 0.6) is 5.75 Å². The molecule has 3 aromatic carbocycles. The third-order valence-corrected chi connectivity index (χ3v) is 4.90. The Hall–Kier alpha value is -3.67. The molecule has 0 aliphatic rings. The highest BCUT2D eigenvalue weighted by Crippen LogP contribution is 2.24. The summed E-state index contributed by atoms with van der Waals surface area (Å²) in [5, 5.41) is 12.1. The smallest absolute Gasteiger partial charge is 0.259 e. The van der Waals surface area contributed by atoms with Crippen molar-refractivity contribution in [2.75, 3.05) is 12.4 Å². The van der Waals surface area contributed by atoms with E-state index in [4.69, 9.17) is 4.74 Å². The second-order valence-electron chi connectivity index (χ2n) is 6.82. The summed E-state index contributed by atoms with van der Waals surface area (Å²) in [5.74, 6) is 0.303. The molecule has 4 rings (SSSR count). The van der Waals surface area contributed by atoms with Gasteiger partial charge in [-0.1, -0.05) is 31.2 Å². The molecule has 146 valence electrons. The number of nitrogens with zero attached hydrogens (tertiary/aromatic N) is 3. The van der Waals surface area contributed by atoms with Gasteiger partial charge in [0.2, 0.25) is 0 Å². The zero-order valence-electron chi connectivity index (χ0n) is 16.6. The molecule has 0 aliphatic heterocycles. The van der Waals surface area contributed by atoms with E-state index in [-0.39, 0.29) is 5.91 Å². The summed E-state index contributed by atoms with van der Waals surface area (Å²) in [7, 11) is 1.55. The van der Waals surface area contributed by atoms with E-state index in [9.17, 15) is 4.79 Å². The lowest BCUT2D eigenvalue weighted by Crippen LogP contribution is -2.13. The first-order valence-corrected chi connectivity index (χ1v) is 9.50. The van der Waals surface area contributed by atoms with Gasteiger partial charge in [0.25, 0.3) is 5.91 Å². The number of hydrogen-bond donors (Lipinski definition) is 1. The van der Waals surface area contributed by atoms with E-state index in [0.717, 1.165) is 23.2 Å². The van der Waals surface area contributed by atoms with Crippen LogP contribution in [0.4, 0.5) is 5.69 Å². The van der Waals surface area contributed by atoms with Crippen molar-refractivity contribution in [2.24, 2.45) is 0 Å². The van der Waals surface area contributed by atoms with Crippen LogP contribution in [0.25, 0.3) is 16.7 Å². The molecule has 29 heavy (non-hydrogen) atoms. The van der Waals surface area contributed by atoms with Crippen molar-refractivity contribution < 1.29 is 9.53 Å². The summed E-state index contributed by atoms with van der Waals surface area (Å²) in [6, 6.07) is 19.1. The van der Waals surface area contributed by atoms with Gasteiger partial charge in [-0.25, -0.2) is 0 Å². The van der Waals surface area contributed by atoms with Crippen LogP contribution in [0.3, 0.4) is 0 Å². The molecule has 0 atom stereocenters. The lowest BCUT2D eigenvalue weighted by molar-refractivity contribution is 0.102. The van der Waals surface area contributed by atoms with Gasteiger partial charge in [-0.15, -0.1) is 10.2 Å². The predicted octanol–water partition coefficient (Wildman–Crippen LogP) is 4.55. The van der Waals surface area contributed by atoms with E-state index >= 15 is 0 Å². The van der Waals surface area contributed by atoms with Crippen LogP contribution in [-0.4, -0.2) is 28.0 Å². The van der Waals surface area contributed by atoms with Crippen molar-refractivity contribution >= 4 is 22.6 Å². The second kappa shape index (κ2) is 7.75. The minimum atomic E-state index is -0.229. The minimum absolute atomic E-state index is 0.229. The van der Waals surface area contributed by atoms with Gasteiger partial charge < -0.3 is 10.1 Å². The average Bonchev–Trinajstić information content (AvgIpc) is 3.16. The number of methoxy groups -OCH3 is 1. The molecule has 0 fully saturated rings. The number of fused-ring (bicyclic) bond motifs is 1. The number of benzene rings is 3. The number of ether oxygens (including phenoxy) is 1. The Morgan fingerprint density at radius 3 is 2.41 bits per heavy atom. The van der Waals surface area contributed by atoms with E-state index in [1.807, 2.05) is 43.3 Å². The Balaban J connectivity index is 1.65. The maximum atomic E-state index is 12.7. The highest BCUT2D eigenvalue weighted by molar-refractivity contribution is 6.07. The van der Waals surface area contributed by atoms with Crippen molar-refractivity contribution in [3.05, 3.63) is 77.4 Å². The molecule has 1 N–H and O–H groups in total. The molecule has 0 spiro atoms. The molecule has 0 saturated heterocycles. The zero-order valence-corrected chi connectivity index (χ0v) is 16.6. The lowest BCUT2D eigenvalue weighted by Gasteiger charge is -2.10. The molecular weight excluding hydrogens is 364 g/mol. The van der Waals surface area contributed by atoms with Crippen LogP contribution in [0.15, 0.2) is 60.7 Å². The molecule has 1 aromatic heterocycles. The summed E-state index contributed by atoms with van der Waals surface area (Å²) >= 11 is 0. The predicted molar refractivity (Wildman–Crippen MR) is 114 cm³/mol. The summed E-state index contributed by atoms with van der Waals surface area (Å²) in [6.45, 7) is 4.06. The van der Waals surface area contributed by atoms with Gasteiger partial charge in [0.15, 0.2) is 0 Å². The maximum absolute atomic E-state index is 12.7. The van der Waals surface area contributed by atoms with Crippen LogP contribution in [-0.2, 0) is 6.42 Å². The highest BCUT2D eigenvalue weighted by atomic mass is 16.5. The Morgan fingerprint density at radius 1 is 1.03 bits per heavy atom. The molecular formula is C23H22N4O2. The largest absolute Gasteiger partial charge is 0.496 e. The Labute approximate surface area is 169 Å². The quantitative estimate of drug-likeness (QED) is 0.546. The van der Waals surface area contributed by atoms with Crippen LogP contribution in [0, 0.1) is 6.92 Å². The van der Waals surface area contributed by atoms with E-state index in [0.29, 0.717) is 22.5 Å². The van der Waals surface area contributed by atoms with E-state index < -0.39 is 0 Å². The third-order valence-electron chi connectivity index (χ3n) is 4.90. The van der Waals surface area contributed by atoms with E-state index in [1.54, 1.807) is 24.0 Å². The first-order chi connectivity index (χ1) is 14.1. The molecule has 0 bridgehead atoms. The fraction of sp³-hybridized carbons (Fsp3) is 0.174. The summed E-state index contributed by atoms with van der Waals surface area (Å²) in [4.78, 5) is 14.4. The number of carbonyl (C=O) groups is 1. The molecule has 6 nitrogen and oxygen atoms in total. The van der Waals surface area contributed by atoms with Gasteiger partial charge in [0.05, 0.1) is 18.4 Å². The number of para-hydroxylation sites is 1.